The summed E-state index contributed by atoms with van der Waals surface area (Å²) in [6, 6.07) is 9.38. The highest BCUT2D eigenvalue weighted by atomic mass is 127. The van der Waals surface area contributed by atoms with Crippen molar-refractivity contribution in [2.75, 3.05) is 53.9 Å². The van der Waals surface area contributed by atoms with E-state index in [1.165, 1.54) is 24.8 Å². The molecule has 166 valence electrons. The van der Waals surface area contributed by atoms with Crippen molar-refractivity contribution in [3.8, 4) is 5.75 Å². The molecule has 1 saturated heterocycles. The largest absolute Gasteiger partial charge is 0.497 e. The second kappa shape index (κ2) is 14.0. The van der Waals surface area contributed by atoms with Crippen molar-refractivity contribution in [1.82, 2.24) is 20.4 Å². The van der Waals surface area contributed by atoms with Gasteiger partial charge >= 0.3 is 0 Å². The van der Waals surface area contributed by atoms with Crippen LogP contribution in [0.5, 0.6) is 5.75 Å². The summed E-state index contributed by atoms with van der Waals surface area (Å²) in [5.41, 5.74) is 1.32. The summed E-state index contributed by atoms with van der Waals surface area (Å²) in [5.74, 6) is 1.77. The number of hydrogen-bond donors (Lipinski definition) is 2. The second-order valence-corrected chi connectivity index (χ2v) is 7.84. The number of aliphatic imine (C=N–C) groups is 1. The molecule has 0 aromatic heterocycles. The van der Waals surface area contributed by atoms with Crippen molar-refractivity contribution in [2.24, 2.45) is 4.99 Å². The van der Waals surface area contributed by atoms with E-state index in [1.807, 2.05) is 7.05 Å². The summed E-state index contributed by atoms with van der Waals surface area (Å²) in [7, 11) is 5.70. The summed E-state index contributed by atoms with van der Waals surface area (Å²) < 4.78 is 5.33. The van der Waals surface area contributed by atoms with Crippen LogP contribution in [0.2, 0.25) is 0 Å². The minimum absolute atomic E-state index is 0. The van der Waals surface area contributed by atoms with Crippen LogP contribution >= 0.6 is 24.0 Å². The fraction of sp³-hybridized carbons (Fsp3) is 0.682. The zero-order chi connectivity index (χ0) is 20.4. The number of likely N-dealkylation sites (tertiary alicyclic amines) is 1. The van der Waals surface area contributed by atoms with E-state index in [9.17, 15) is 0 Å². The van der Waals surface area contributed by atoms with E-state index in [0.29, 0.717) is 12.1 Å². The van der Waals surface area contributed by atoms with Gasteiger partial charge in [-0.3, -0.25) is 9.89 Å². The van der Waals surface area contributed by atoms with Gasteiger partial charge in [-0.1, -0.05) is 18.6 Å². The molecule has 1 aliphatic rings. The Morgan fingerprint density at radius 1 is 1.14 bits per heavy atom. The van der Waals surface area contributed by atoms with Crippen LogP contribution in [0.25, 0.3) is 0 Å². The van der Waals surface area contributed by atoms with Crippen molar-refractivity contribution >= 4 is 29.9 Å². The molecule has 6 nitrogen and oxygen atoms in total. The second-order valence-electron chi connectivity index (χ2n) is 7.84. The minimum Gasteiger partial charge on any atom is -0.497 e. The van der Waals surface area contributed by atoms with Gasteiger partial charge in [0.1, 0.15) is 5.75 Å². The van der Waals surface area contributed by atoms with Gasteiger partial charge in [0.05, 0.1) is 13.2 Å². The molecule has 7 heteroatoms. The number of nitrogens with zero attached hydrogens (tertiary/aromatic N) is 3. The van der Waals surface area contributed by atoms with E-state index in [4.69, 9.17) is 4.74 Å². The van der Waals surface area contributed by atoms with Crippen LogP contribution in [0, 0.1) is 0 Å². The predicted octanol–water partition coefficient (Wildman–Crippen LogP) is 3.35. The van der Waals surface area contributed by atoms with E-state index < -0.39 is 0 Å². The Kier molecular flexibility index (Phi) is 12.6. The highest BCUT2D eigenvalue weighted by Crippen LogP contribution is 2.25. The molecule has 0 bridgehead atoms. The Hall–Kier alpha value is -1.06. The highest BCUT2D eigenvalue weighted by Gasteiger charge is 2.22. The smallest absolute Gasteiger partial charge is 0.191 e. The Bertz CT molecular complexity index is 587. The fourth-order valence-electron chi connectivity index (χ4n) is 3.54. The van der Waals surface area contributed by atoms with E-state index in [2.05, 4.69) is 70.6 Å². The van der Waals surface area contributed by atoms with Crippen LogP contribution in [0.15, 0.2) is 29.3 Å². The van der Waals surface area contributed by atoms with Crippen LogP contribution in [0.1, 0.15) is 44.7 Å². The molecule has 1 fully saturated rings. The number of ether oxygens (including phenoxy) is 1. The lowest BCUT2D eigenvalue weighted by atomic mass is 10.0. The maximum absolute atomic E-state index is 5.33. The van der Waals surface area contributed by atoms with Crippen LogP contribution in [0.3, 0.4) is 0 Å². The fourth-order valence-corrected chi connectivity index (χ4v) is 3.54. The molecule has 2 rings (SSSR count). The van der Waals surface area contributed by atoms with Crippen LogP contribution in [-0.2, 0) is 0 Å². The number of rotatable bonds is 9. The standard InChI is InChI=1S/C22H39N5O.HI/c1-18(2)26(4)16-13-24-22(23-3)25-17-21(27-14-7-6-8-15-27)19-9-11-20(28-5)12-10-19;/h9-12,18,21H,6-8,13-17H2,1-5H3,(H2,23,24,25);1H. The Balaban J connectivity index is 0.00000420. The molecule has 1 unspecified atom stereocenters. The van der Waals surface area contributed by atoms with Gasteiger partial charge in [0.2, 0.25) is 0 Å². The summed E-state index contributed by atoms with van der Waals surface area (Å²) >= 11 is 0. The van der Waals surface area contributed by atoms with Gasteiger partial charge in [-0.2, -0.15) is 0 Å². The topological polar surface area (TPSA) is 52.1 Å². The normalized spacial score (nSPS) is 16.4. The number of guanidine groups is 1. The number of piperidine rings is 1. The molecule has 0 saturated carbocycles. The number of nitrogens with one attached hydrogen (secondary N) is 2. The maximum atomic E-state index is 5.33. The lowest BCUT2D eigenvalue weighted by Gasteiger charge is -2.35. The Labute approximate surface area is 194 Å². The summed E-state index contributed by atoms with van der Waals surface area (Å²) in [6.45, 7) is 9.45. The summed E-state index contributed by atoms with van der Waals surface area (Å²) in [5, 5.41) is 6.99. The van der Waals surface area contributed by atoms with Crippen LogP contribution in [0.4, 0.5) is 0 Å². The van der Waals surface area contributed by atoms with Gasteiger partial charge in [0, 0.05) is 32.7 Å². The lowest BCUT2D eigenvalue weighted by Crippen LogP contribution is -2.46. The molecule has 1 heterocycles. The van der Waals surface area contributed by atoms with Gasteiger partial charge in [0.15, 0.2) is 5.96 Å². The Morgan fingerprint density at radius 3 is 2.34 bits per heavy atom. The number of methoxy groups -OCH3 is 1. The average molecular weight is 518 g/mol. The third-order valence-corrected chi connectivity index (χ3v) is 5.66. The SMILES string of the molecule is CN=C(NCCN(C)C(C)C)NCC(c1ccc(OC)cc1)N1CCCCC1.I. The lowest BCUT2D eigenvalue weighted by molar-refractivity contribution is 0.164. The summed E-state index contributed by atoms with van der Waals surface area (Å²) in [6.07, 6.45) is 3.90. The third-order valence-electron chi connectivity index (χ3n) is 5.66. The van der Waals surface area contributed by atoms with E-state index in [1.54, 1.807) is 7.11 Å². The molecule has 1 aromatic rings. The first-order valence-corrected chi connectivity index (χ1v) is 10.6. The van der Waals surface area contributed by atoms with Crippen molar-refractivity contribution in [3.05, 3.63) is 29.8 Å². The zero-order valence-corrected chi connectivity index (χ0v) is 21.1. The summed E-state index contributed by atoms with van der Waals surface area (Å²) in [4.78, 5) is 9.33. The quantitative estimate of drug-likeness (QED) is 0.299. The van der Waals surface area contributed by atoms with Crippen molar-refractivity contribution < 1.29 is 4.74 Å². The van der Waals surface area contributed by atoms with E-state index in [-0.39, 0.29) is 24.0 Å². The number of likely N-dealkylation sites (N-methyl/N-ethyl adjacent to an activating group) is 1. The van der Waals surface area contributed by atoms with Gasteiger partial charge in [-0.05, 0) is 64.5 Å². The molecule has 1 aromatic carbocycles. The van der Waals surface area contributed by atoms with Crippen LogP contribution in [-0.4, -0.2) is 75.7 Å². The van der Waals surface area contributed by atoms with E-state index >= 15 is 0 Å². The average Bonchev–Trinajstić information content (AvgIpc) is 2.73. The molecule has 0 spiro atoms. The monoisotopic (exact) mass is 517 g/mol. The number of hydrogen-bond acceptors (Lipinski definition) is 4. The highest BCUT2D eigenvalue weighted by molar-refractivity contribution is 14.0. The predicted molar refractivity (Wildman–Crippen MR) is 134 cm³/mol. The minimum atomic E-state index is 0. The third kappa shape index (κ3) is 8.68. The first kappa shape index (κ1) is 26.0. The molecule has 29 heavy (non-hydrogen) atoms. The molecule has 0 radical (unpaired) electrons. The number of halogens is 1. The zero-order valence-electron chi connectivity index (χ0n) is 18.8. The molecular formula is C22H40IN5O. The van der Waals surface area contributed by atoms with E-state index in [0.717, 1.165) is 44.4 Å². The van der Waals surface area contributed by atoms with Crippen LogP contribution < -0.4 is 15.4 Å². The van der Waals surface area contributed by atoms with Gasteiger partial charge < -0.3 is 20.3 Å². The van der Waals surface area contributed by atoms with Gasteiger partial charge in [0.25, 0.3) is 0 Å². The van der Waals surface area contributed by atoms with Gasteiger partial charge in [-0.25, -0.2) is 0 Å². The molecule has 1 aliphatic heterocycles. The molecular weight excluding hydrogens is 477 g/mol. The first-order chi connectivity index (χ1) is 13.5. The molecule has 0 amide bonds. The van der Waals surface area contributed by atoms with Crippen molar-refractivity contribution in [1.29, 1.82) is 0 Å². The Morgan fingerprint density at radius 2 is 1.79 bits per heavy atom. The van der Waals surface area contributed by atoms with Crippen molar-refractivity contribution in [2.45, 2.75) is 45.2 Å². The molecule has 0 aliphatic carbocycles. The first-order valence-electron chi connectivity index (χ1n) is 10.6. The molecule has 1 atom stereocenters. The van der Waals surface area contributed by atoms with Crippen molar-refractivity contribution in [3.63, 3.8) is 0 Å². The number of benzene rings is 1. The molecule has 2 N–H and O–H groups in total. The maximum Gasteiger partial charge on any atom is 0.191 e. The van der Waals surface area contributed by atoms with Gasteiger partial charge in [-0.15, -0.1) is 24.0 Å².